The average Bonchev–Trinajstić information content (AvgIpc) is 2.99. The van der Waals surface area contributed by atoms with E-state index < -0.39 is 20.9 Å². The van der Waals surface area contributed by atoms with Crippen LogP contribution in [0.5, 0.6) is 0 Å². The van der Waals surface area contributed by atoms with Crippen molar-refractivity contribution in [2.75, 3.05) is 18.4 Å². The number of hydrogen-bond acceptors (Lipinski definition) is 5. The first-order chi connectivity index (χ1) is 13.8. The van der Waals surface area contributed by atoms with Gasteiger partial charge in [-0.3, -0.25) is 14.9 Å². The van der Waals surface area contributed by atoms with E-state index in [4.69, 9.17) is 11.6 Å². The lowest BCUT2D eigenvalue weighted by Crippen LogP contribution is -2.32. The Labute approximate surface area is 173 Å². The van der Waals surface area contributed by atoms with Crippen LogP contribution in [-0.4, -0.2) is 36.6 Å². The van der Waals surface area contributed by atoms with Gasteiger partial charge in [-0.05, 0) is 37.1 Å². The van der Waals surface area contributed by atoms with Gasteiger partial charge in [-0.2, -0.15) is 4.31 Å². The van der Waals surface area contributed by atoms with Gasteiger partial charge in [-0.1, -0.05) is 30.5 Å². The first-order valence-electron chi connectivity index (χ1n) is 9.14. The molecule has 8 nitrogen and oxygen atoms in total. The maximum absolute atomic E-state index is 12.9. The van der Waals surface area contributed by atoms with Crippen molar-refractivity contribution in [1.82, 2.24) is 4.31 Å². The minimum absolute atomic E-state index is 0.0391. The fourth-order valence-electron chi connectivity index (χ4n) is 3.15. The highest BCUT2D eigenvalue weighted by atomic mass is 35.5. The van der Waals surface area contributed by atoms with Crippen molar-refractivity contribution in [2.24, 2.45) is 0 Å². The Morgan fingerprint density at radius 1 is 1.07 bits per heavy atom. The SMILES string of the molecule is O=C(Nc1cc([N+](=O)[O-])ccc1Cl)c1cccc(S(=O)(=O)N2CCCCCC2)c1. The van der Waals surface area contributed by atoms with Crippen LogP contribution in [0.25, 0.3) is 0 Å². The van der Waals surface area contributed by atoms with Crippen molar-refractivity contribution in [3.63, 3.8) is 0 Å². The lowest BCUT2D eigenvalue weighted by Gasteiger charge is -2.20. The Bertz CT molecular complexity index is 1030. The van der Waals surface area contributed by atoms with Gasteiger partial charge in [0.1, 0.15) is 0 Å². The van der Waals surface area contributed by atoms with Gasteiger partial charge in [-0.25, -0.2) is 8.42 Å². The third kappa shape index (κ3) is 4.92. The predicted octanol–water partition coefficient (Wildman–Crippen LogP) is 4.07. The van der Waals surface area contributed by atoms with E-state index in [0.29, 0.717) is 13.1 Å². The fraction of sp³-hybridized carbons (Fsp3) is 0.316. The monoisotopic (exact) mass is 437 g/mol. The number of nitro groups is 1. The largest absolute Gasteiger partial charge is 0.320 e. The number of non-ortho nitro benzene ring substituents is 1. The van der Waals surface area contributed by atoms with Gasteiger partial charge in [0.15, 0.2) is 0 Å². The molecule has 29 heavy (non-hydrogen) atoms. The molecule has 2 aromatic carbocycles. The summed E-state index contributed by atoms with van der Waals surface area (Å²) in [5.41, 5.74) is -0.0303. The summed E-state index contributed by atoms with van der Waals surface area (Å²) in [5, 5.41) is 13.6. The minimum Gasteiger partial charge on any atom is -0.320 e. The predicted molar refractivity (Wildman–Crippen MR) is 110 cm³/mol. The zero-order valence-corrected chi connectivity index (χ0v) is 17.1. The maximum atomic E-state index is 12.9. The van der Waals surface area contributed by atoms with Crippen molar-refractivity contribution < 1.29 is 18.1 Å². The molecule has 1 fully saturated rings. The van der Waals surface area contributed by atoms with E-state index in [-0.39, 0.29) is 26.9 Å². The second-order valence-electron chi connectivity index (χ2n) is 6.72. The summed E-state index contributed by atoms with van der Waals surface area (Å²) in [5.74, 6) is -0.611. The maximum Gasteiger partial charge on any atom is 0.271 e. The summed E-state index contributed by atoms with van der Waals surface area (Å²) in [6, 6.07) is 9.43. The topological polar surface area (TPSA) is 110 Å². The zero-order valence-electron chi connectivity index (χ0n) is 15.5. The van der Waals surface area contributed by atoms with E-state index in [1.807, 2.05) is 0 Å². The van der Waals surface area contributed by atoms with Crippen molar-refractivity contribution >= 4 is 38.9 Å². The highest BCUT2D eigenvalue weighted by Crippen LogP contribution is 2.27. The number of sulfonamides is 1. The van der Waals surface area contributed by atoms with Crippen LogP contribution < -0.4 is 5.32 Å². The number of nitrogens with zero attached hydrogens (tertiary/aromatic N) is 2. The molecule has 1 saturated heterocycles. The number of carbonyl (C=O) groups excluding carboxylic acids is 1. The number of nitro benzene ring substituents is 1. The smallest absolute Gasteiger partial charge is 0.271 e. The van der Waals surface area contributed by atoms with E-state index in [9.17, 15) is 23.3 Å². The van der Waals surface area contributed by atoms with Crippen molar-refractivity contribution in [3.05, 3.63) is 63.2 Å². The summed E-state index contributed by atoms with van der Waals surface area (Å²) < 4.78 is 27.3. The van der Waals surface area contributed by atoms with Crippen LogP contribution >= 0.6 is 11.6 Å². The van der Waals surface area contributed by atoms with Crippen molar-refractivity contribution in [2.45, 2.75) is 30.6 Å². The van der Waals surface area contributed by atoms with E-state index in [0.717, 1.165) is 31.7 Å². The first kappa shape index (κ1) is 21.2. The molecule has 2 aromatic rings. The Hall–Kier alpha value is -2.49. The molecule has 0 saturated carbocycles. The molecule has 10 heteroatoms. The Morgan fingerprint density at radius 2 is 1.76 bits per heavy atom. The van der Waals surface area contributed by atoms with Gasteiger partial charge >= 0.3 is 0 Å². The molecule has 0 bridgehead atoms. The molecule has 1 amide bonds. The van der Waals surface area contributed by atoms with Gasteiger partial charge < -0.3 is 5.32 Å². The van der Waals surface area contributed by atoms with E-state index in [1.165, 1.54) is 40.7 Å². The van der Waals surface area contributed by atoms with Crippen LogP contribution in [0.4, 0.5) is 11.4 Å². The van der Waals surface area contributed by atoms with Crippen LogP contribution in [0.15, 0.2) is 47.4 Å². The van der Waals surface area contributed by atoms with Gasteiger partial charge in [0, 0.05) is 30.8 Å². The number of rotatable bonds is 5. The zero-order chi connectivity index (χ0) is 21.0. The molecule has 1 aliphatic heterocycles. The molecule has 3 rings (SSSR count). The number of hydrogen-bond donors (Lipinski definition) is 1. The highest BCUT2D eigenvalue weighted by molar-refractivity contribution is 7.89. The van der Waals surface area contributed by atoms with Crippen molar-refractivity contribution in [3.8, 4) is 0 Å². The van der Waals surface area contributed by atoms with E-state index in [2.05, 4.69) is 5.32 Å². The number of anilines is 1. The summed E-state index contributed by atoms with van der Waals surface area (Å²) in [6.45, 7) is 0.921. The van der Waals surface area contributed by atoms with E-state index in [1.54, 1.807) is 0 Å². The number of benzene rings is 2. The molecule has 0 aromatic heterocycles. The third-order valence-electron chi connectivity index (χ3n) is 4.71. The standard InChI is InChI=1S/C19H20ClN3O5S/c20-17-9-8-15(23(25)26)13-18(17)21-19(24)14-6-5-7-16(12-14)29(27,28)22-10-3-1-2-4-11-22/h5-9,12-13H,1-4,10-11H2,(H,21,24). The number of nitrogens with one attached hydrogen (secondary N) is 1. The highest BCUT2D eigenvalue weighted by Gasteiger charge is 2.26. The molecule has 1 aliphatic rings. The summed E-state index contributed by atoms with van der Waals surface area (Å²) >= 11 is 6.01. The second-order valence-corrected chi connectivity index (χ2v) is 9.07. The molecule has 1 heterocycles. The van der Waals surface area contributed by atoms with E-state index >= 15 is 0 Å². The molecule has 1 N–H and O–H groups in total. The van der Waals surface area contributed by atoms with Crippen LogP contribution in [0.1, 0.15) is 36.0 Å². The normalized spacial score (nSPS) is 15.5. The molecule has 0 unspecified atom stereocenters. The number of amides is 1. The first-order valence-corrected chi connectivity index (χ1v) is 11.0. The molecular weight excluding hydrogens is 418 g/mol. The van der Waals surface area contributed by atoms with Gasteiger partial charge in [0.05, 0.1) is 20.5 Å². The van der Waals surface area contributed by atoms with Gasteiger partial charge in [0.25, 0.3) is 11.6 Å². The molecule has 0 aliphatic carbocycles. The summed E-state index contributed by atoms with van der Waals surface area (Å²) in [4.78, 5) is 23.0. The minimum atomic E-state index is -3.70. The van der Waals surface area contributed by atoms with Crippen molar-refractivity contribution in [1.29, 1.82) is 0 Å². The van der Waals surface area contributed by atoms with Gasteiger partial charge in [0.2, 0.25) is 10.0 Å². The third-order valence-corrected chi connectivity index (χ3v) is 6.93. The quantitative estimate of drug-likeness (QED) is 0.560. The lowest BCUT2D eigenvalue weighted by atomic mass is 10.2. The molecule has 0 spiro atoms. The number of halogens is 1. The summed E-state index contributed by atoms with van der Waals surface area (Å²) in [7, 11) is -3.70. The Kier molecular flexibility index (Phi) is 6.51. The lowest BCUT2D eigenvalue weighted by molar-refractivity contribution is -0.384. The van der Waals surface area contributed by atoms with Crippen LogP contribution in [0.3, 0.4) is 0 Å². The fourth-order valence-corrected chi connectivity index (χ4v) is 4.87. The number of carbonyl (C=O) groups is 1. The molecule has 0 radical (unpaired) electrons. The van der Waals surface area contributed by atoms with Crippen LogP contribution in [0.2, 0.25) is 5.02 Å². The average molecular weight is 438 g/mol. The van der Waals surface area contributed by atoms with Crippen LogP contribution in [-0.2, 0) is 10.0 Å². The Balaban J connectivity index is 1.85. The molecule has 0 atom stereocenters. The molecular formula is C19H20ClN3O5S. The molecule has 154 valence electrons. The van der Waals surface area contributed by atoms with Gasteiger partial charge in [-0.15, -0.1) is 0 Å². The Morgan fingerprint density at radius 3 is 2.41 bits per heavy atom. The van der Waals surface area contributed by atoms with Crippen LogP contribution in [0, 0.1) is 10.1 Å². The summed E-state index contributed by atoms with van der Waals surface area (Å²) in [6.07, 6.45) is 3.62. The second kappa shape index (κ2) is 8.89.